The largest absolute Gasteiger partial charge is 0.393 e. The van der Waals surface area contributed by atoms with Gasteiger partial charge in [0.15, 0.2) is 0 Å². The minimum absolute atomic E-state index is 0.0622. The molecule has 5 rings (SSSR count). The summed E-state index contributed by atoms with van der Waals surface area (Å²) in [6, 6.07) is 0.365. The van der Waals surface area contributed by atoms with Crippen LogP contribution in [-0.4, -0.2) is 35.5 Å². The molecule has 10 atom stereocenters. The number of aliphatic hydroxyl groups excluding tert-OH is 2. The molecular formula is C25H43NO2. The summed E-state index contributed by atoms with van der Waals surface area (Å²) in [6.45, 7) is 12.0. The summed E-state index contributed by atoms with van der Waals surface area (Å²) in [5.74, 6) is 1.80. The van der Waals surface area contributed by atoms with E-state index in [1.807, 2.05) is 0 Å². The minimum Gasteiger partial charge on any atom is -0.393 e. The van der Waals surface area contributed by atoms with Gasteiger partial charge >= 0.3 is 0 Å². The molecule has 0 radical (unpaired) electrons. The normalized spacial score (nSPS) is 60.2. The summed E-state index contributed by atoms with van der Waals surface area (Å²) < 4.78 is 0. The first kappa shape index (κ1) is 19.8. The first-order chi connectivity index (χ1) is 13.0. The van der Waals surface area contributed by atoms with Crippen LogP contribution in [0.3, 0.4) is 0 Å². The fourth-order valence-corrected chi connectivity index (χ4v) is 10.5. The summed E-state index contributed by atoms with van der Waals surface area (Å²) >= 11 is 0. The molecule has 5 aliphatic carbocycles. The Morgan fingerprint density at radius 1 is 0.857 bits per heavy atom. The molecule has 0 saturated heterocycles. The first-order valence-electron chi connectivity index (χ1n) is 12.0. The van der Waals surface area contributed by atoms with Crippen molar-refractivity contribution in [1.29, 1.82) is 0 Å². The Balaban J connectivity index is 1.54. The maximum atomic E-state index is 11.2. The SMILES string of the molecule is CN[C@H](C)[C@H]1[C@H](O)C[C@@]2(C)[C@@H]3CC[C@H]4C(C)(C)[C@@H](O)CC[C@@]45C[C@@]35CC[C@]12C. The third-order valence-corrected chi connectivity index (χ3v) is 12.1. The van der Waals surface area contributed by atoms with E-state index in [1.54, 1.807) is 0 Å². The molecule has 0 aromatic heterocycles. The molecule has 160 valence electrons. The highest BCUT2D eigenvalue weighted by molar-refractivity contribution is 5.31. The van der Waals surface area contributed by atoms with Crippen LogP contribution in [0, 0.1) is 44.8 Å². The highest BCUT2D eigenvalue weighted by atomic mass is 16.3. The molecule has 0 aromatic carbocycles. The lowest BCUT2D eigenvalue weighted by Crippen LogP contribution is -2.58. The smallest absolute Gasteiger partial charge is 0.0594 e. The van der Waals surface area contributed by atoms with Crippen molar-refractivity contribution >= 4 is 0 Å². The molecular weight excluding hydrogens is 346 g/mol. The van der Waals surface area contributed by atoms with E-state index in [-0.39, 0.29) is 28.5 Å². The number of fused-ring (bicyclic) bond motifs is 2. The van der Waals surface area contributed by atoms with Crippen LogP contribution in [0.2, 0.25) is 0 Å². The van der Waals surface area contributed by atoms with Crippen LogP contribution >= 0.6 is 0 Å². The molecule has 0 amide bonds. The lowest BCUT2D eigenvalue weighted by atomic mass is 9.42. The van der Waals surface area contributed by atoms with Crippen LogP contribution in [0.15, 0.2) is 0 Å². The van der Waals surface area contributed by atoms with Crippen LogP contribution in [0.5, 0.6) is 0 Å². The minimum atomic E-state index is -0.176. The number of hydrogen-bond donors (Lipinski definition) is 3. The van der Waals surface area contributed by atoms with Gasteiger partial charge in [0.1, 0.15) is 0 Å². The van der Waals surface area contributed by atoms with Crippen molar-refractivity contribution in [1.82, 2.24) is 5.32 Å². The molecule has 3 nitrogen and oxygen atoms in total. The van der Waals surface area contributed by atoms with Crippen molar-refractivity contribution in [3.8, 4) is 0 Å². The van der Waals surface area contributed by atoms with Gasteiger partial charge in [-0.15, -0.1) is 0 Å². The Kier molecular flexibility index (Phi) is 3.94. The highest BCUT2D eigenvalue weighted by Crippen LogP contribution is 2.88. The van der Waals surface area contributed by atoms with Crippen molar-refractivity contribution in [2.45, 2.75) is 104 Å². The zero-order valence-electron chi connectivity index (χ0n) is 19.0. The monoisotopic (exact) mass is 389 g/mol. The molecule has 0 heterocycles. The van der Waals surface area contributed by atoms with E-state index < -0.39 is 0 Å². The lowest BCUT2D eigenvalue weighted by molar-refractivity contribution is -0.160. The molecule has 5 fully saturated rings. The van der Waals surface area contributed by atoms with E-state index in [1.165, 1.54) is 38.5 Å². The third-order valence-electron chi connectivity index (χ3n) is 12.1. The van der Waals surface area contributed by atoms with Gasteiger partial charge in [0, 0.05) is 12.0 Å². The standard InChI is InChI=1S/C25H43NO2/c1-15(26-6)20-16(27)13-23(5)18-8-7-17-21(2,3)19(28)9-10-24(17)14-25(18,24)12-11-22(20,23)4/h15-20,26-28H,7-14H2,1-6H3/t15-,16-,17+,18+,19+,20+,22-,23+,24-,25+/m1/s1. The van der Waals surface area contributed by atoms with Crippen molar-refractivity contribution < 1.29 is 10.2 Å². The van der Waals surface area contributed by atoms with E-state index >= 15 is 0 Å². The molecule has 5 aliphatic rings. The lowest BCUT2D eigenvalue weighted by Gasteiger charge is -2.63. The maximum Gasteiger partial charge on any atom is 0.0594 e. The fraction of sp³-hybridized carbons (Fsp3) is 1.00. The summed E-state index contributed by atoms with van der Waals surface area (Å²) in [5, 5.41) is 25.5. The van der Waals surface area contributed by atoms with Crippen LogP contribution in [0.25, 0.3) is 0 Å². The Morgan fingerprint density at radius 2 is 1.50 bits per heavy atom. The predicted molar refractivity (Wildman–Crippen MR) is 113 cm³/mol. The Bertz CT molecular complexity index is 677. The quantitative estimate of drug-likeness (QED) is 0.657. The molecule has 2 spiro atoms. The summed E-state index contributed by atoms with van der Waals surface area (Å²) in [7, 11) is 2.05. The number of rotatable bonds is 2. The molecule has 0 aliphatic heterocycles. The van der Waals surface area contributed by atoms with E-state index in [9.17, 15) is 10.2 Å². The van der Waals surface area contributed by atoms with Gasteiger partial charge in [-0.2, -0.15) is 0 Å². The second-order valence-electron chi connectivity index (χ2n) is 12.8. The molecule has 0 bridgehead atoms. The van der Waals surface area contributed by atoms with E-state index in [0.717, 1.165) is 18.8 Å². The fourth-order valence-electron chi connectivity index (χ4n) is 10.5. The molecule has 3 N–H and O–H groups in total. The van der Waals surface area contributed by atoms with E-state index in [0.29, 0.717) is 28.7 Å². The molecule has 0 unspecified atom stereocenters. The van der Waals surface area contributed by atoms with Crippen molar-refractivity contribution in [3.05, 3.63) is 0 Å². The molecule has 0 aromatic rings. The van der Waals surface area contributed by atoms with Gasteiger partial charge in [-0.25, -0.2) is 0 Å². The van der Waals surface area contributed by atoms with Crippen LogP contribution < -0.4 is 5.32 Å². The van der Waals surface area contributed by atoms with E-state index in [2.05, 4.69) is 47.0 Å². The van der Waals surface area contributed by atoms with E-state index in [4.69, 9.17) is 0 Å². The van der Waals surface area contributed by atoms with Crippen LogP contribution in [-0.2, 0) is 0 Å². The predicted octanol–water partition coefficient (Wildman–Crippen LogP) is 4.37. The second-order valence-corrected chi connectivity index (χ2v) is 12.8. The maximum absolute atomic E-state index is 11.2. The van der Waals surface area contributed by atoms with Gasteiger partial charge in [0.05, 0.1) is 12.2 Å². The van der Waals surface area contributed by atoms with Gasteiger partial charge in [-0.05, 0) is 104 Å². The third kappa shape index (κ3) is 1.94. The van der Waals surface area contributed by atoms with Crippen molar-refractivity contribution in [2.24, 2.45) is 44.8 Å². The van der Waals surface area contributed by atoms with Crippen molar-refractivity contribution in [2.75, 3.05) is 7.05 Å². The first-order valence-corrected chi connectivity index (χ1v) is 12.0. The highest BCUT2D eigenvalue weighted by Gasteiger charge is 2.82. The van der Waals surface area contributed by atoms with Gasteiger partial charge in [0.2, 0.25) is 0 Å². The van der Waals surface area contributed by atoms with Gasteiger partial charge < -0.3 is 15.5 Å². The molecule has 5 saturated carbocycles. The number of aliphatic hydroxyl groups is 2. The Hall–Kier alpha value is -0.120. The molecule has 28 heavy (non-hydrogen) atoms. The number of hydrogen-bond acceptors (Lipinski definition) is 3. The van der Waals surface area contributed by atoms with Crippen molar-refractivity contribution in [3.63, 3.8) is 0 Å². The van der Waals surface area contributed by atoms with Crippen LogP contribution in [0.1, 0.15) is 86.0 Å². The average Bonchev–Trinajstić information content (AvgIpc) is 3.24. The van der Waals surface area contributed by atoms with Gasteiger partial charge in [-0.1, -0.05) is 27.7 Å². The van der Waals surface area contributed by atoms with Gasteiger partial charge in [-0.3, -0.25) is 0 Å². The zero-order chi connectivity index (χ0) is 20.3. The topological polar surface area (TPSA) is 52.5 Å². The Morgan fingerprint density at radius 3 is 2.18 bits per heavy atom. The number of nitrogens with one attached hydrogen (secondary N) is 1. The molecule has 3 heteroatoms. The van der Waals surface area contributed by atoms with Gasteiger partial charge in [0.25, 0.3) is 0 Å². The Labute approximate surface area is 172 Å². The average molecular weight is 390 g/mol. The summed E-state index contributed by atoms with van der Waals surface area (Å²) in [5.41, 5.74) is 1.52. The van der Waals surface area contributed by atoms with Crippen LogP contribution in [0.4, 0.5) is 0 Å². The second kappa shape index (κ2) is 5.56. The summed E-state index contributed by atoms with van der Waals surface area (Å²) in [6.07, 6.45) is 9.53. The summed E-state index contributed by atoms with van der Waals surface area (Å²) in [4.78, 5) is 0. The zero-order valence-corrected chi connectivity index (χ0v) is 19.0.